The number of halogens is 2. The third-order valence-corrected chi connectivity index (χ3v) is 5.14. The van der Waals surface area contributed by atoms with E-state index in [1.54, 1.807) is 31.2 Å². The summed E-state index contributed by atoms with van der Waals surface area (Å²) in [5.41, 5.74) is 0.728. The Kier molecular flexibility index (Phi) is 8.64. The highest BCUT2D eigenvalue weighted by Crippen LogP contribution is 2.17. The molecule has 0 heterocycles. The zero-order chi connectivity index (χ0) is 21.4. The molecule has 2 atom stereocenters. The minimum atomic E-state index is -0.699. The lowest BCUT2D eigenvalue weighted by molar-refractivity contribution is -0.142. The fourth-order valence-electron chi connectivity index (χ4n) is 2.59. The molecule has 2 aromatic carbocycles. The molecule has 0 aliphatic rings. The van der Waals surface area contributed by atoms with Crippen molar-refractivity contribution in [2.75, 3.05) is 6.61 Å². The van der Waals surface area contributed by atoms with Gasteiger partial charge in [0.05, 0.1) is 0 Å². The van der Waals surface area contributed by atoms with Crippen molar-refractivity contribution in [2.45, 2.75) is 45.8 Å². The third-order valence-electron chi connectivity index (χ3n) is 4.61. The van der Waals surface area contributed by atoms with E-state index in [0.717, 1.165) is 16.5 Å². The Labute approximate surface area is 179 Å². The van der Waals surface area contributed by atoms with E-state index in [1.807, 2.05) is 26.0 Å². The lowest BCUT2D eigenvalue weighted by Gasteiger charge is -2.29. The largest absolute Gasteiger partial charge is 0.484 e. The Bertz CT molecular complexity index is 812. The SMILES string of the molecule is CC[C@@H](C)NC(=O)[C@@H](C)N(Cc1ccc(F)cc1)C(=O)COc1ccc(Br)cc1. The normalized spacial score (nSPS) is 12.7. The zero-order valence-corrected chi connectivity index (χ0v) is 18.4. The number of carbonyl (C=O) groups is 2. The van der Waals surface area contributed by atoms with Crippen molar-refractivity contribution < 1.29 is 18.7 Å². The molecule has 2 aromatic rings. The van der Waals surface area contributed by atoms with Gasteiger partial charge in [0.1, 0.15) is 17.6 Å². The van der Waals surface area contributed by atoms with Gasteiger partial charge in [0.15, 0.2) is 6.61 Å². The maximum absolute atomic E-state index is 13.2. The molecule has 0 bridgehead atoms. The number of hydrogen-bond donors (Lipinski definition) is 1. The van der Waals surface area contributed by atoms with Gasteiger partial charge >= 0.3 is 0 Å². The second-order valence-corrected chi connectivity index (χ2v) is 7.80. The average Bonchev–Trinajstić information content (AvgIpc) is 2.72. The number of rotatable bonds is 9. The molecule has 0 spiro atoms. The van der Waals surface area contributed by atoms with Gasteiger partial charge in [0.2, 0.25) is 5.91 Å². The van der Waals surface area contributed by atoms with Gasteiger partial charge in [-0.15, -0.1) is 0 Å². The van der Waals surface area contributed by atoms with E-state index in [4.69, 9.17) is 4.74 Å². The number of nitrogens with one attached hydrogen (secondary N) is 1. The predicted molar refractivity (Wildman–Crippen MR) is 114 cm³/mol. The highest BCUT2D eigenvalue weighted by Gasteiger charge is 2.27. The molecule has 0 radical (unpaired) electrons. The smallest absolute Gasteiger partial charge is 0.261 e. The van der Waals surface area contributed by atoms with E-state index in [-0.39, 0.29) is 36.8 Å². The van der Waals surface area contributed by atoms with E-state index in [1.165, 1.54) is 17.0 Å². The molecule has 0 aromatic heterocycles. The minimum absolute atomic E-state index is 0.00624. The van der Waals surface area contributed by atoms with Gasteiger partial charge in [0, 0.05) is 17.1 Å². The molecule has 156 valence electrons. The van der Waals surface area contributed by atoms with Gasteiger partial charge in [-0.25, -0.2) is 4.39 Å². The van der Waals surface area contributed by atoms with Crippen LogP contribution >= 0.6 is 15.9 Å². The monoisotopic (exact) mass is 464 g/mol. The molecule has 1 N–H and O–H groups in total. The van der Waals surface area contributed by atoms with E-state index >= 15 is 0 Å². The van der Waals surface area contributed by atoms with Crippen molar-refractivity contribution in [1.82, 2.24) is 10.2 Å². The van der Waals surface area contributed by atoms with Crippen molar-refractivity contribution in [3.8, 4) is 5.75 Å². The van der Waals surface area contributed by atoms with Crippen LogP contribution in [0.1, 0.15) is 32.8 Å². The summed E-state index contributed by atoms with van der Waals surface area (Å²) in [6.45, 7) is 5.54. The van der Waals surface area contributed by atoms with Gasteiger partial charge in [-0.05, 0) is 62.2 Å². The van der Waals surface area contributed by atoms with Crippen LogP contribution in [0.2, 0.25) is 0 Å². The first kappa shape index (κ1) is 22.9. The lowest BCUT2D eigenvalue weighted by atomic mass is 10.1. The number of carbonyl (C=O) groups excluding carboxylic acids is 2. The van der Waals surface area contributed by atoms with Crippen molar-refractivity contribution in [3.63, 3.8) is 0 Å². The molecule has 0 saturated carbocycles. The van der Waals surface area contributed by atoms with Crippen LogP contribution in [0.25, 0.3) is 0 Å². The van der Waals surface area contributed by atoms with Crippen molar-refractivity contribution in [3.05, 3.63) is 64.4 Å². The fraction of sp³-hybridized carbons (Fsp3) is 0.364. The summed E-state index contributed by atoms with van der Waals surface area (Å²) < 4.78 is 19.7. The van der Waals surface area contributed by atoms with Gasteiger partial charge in [0.25, 0.3) is 5.91 Å². The Morgan fingerprint density at radius 3 is 2.31 bits per heavy atom. The summed E-state index contributed by atoms with van der Waals surface area (Å²) in [4.78, 5) is 26.9. The van der Waals surface area contributed by atoms with Gasteiger partial charge in [-0.3, -0.25) is 9.59 Å². The first-order valence-corrected chi connectivity index (χ1v) is 10.3. The van der Waals surface area contributed by atoms with Crippen LogP contribution in [-0.2, 0) is 16.1 Å². The Hall–Kier alpha value is -2.41. The summed E-state index contributed by atoms with van der Waals surface area (Å²) in [5.74, 6) is -0.366. The second-order valence-electron chi connectivity index (χ2n) is 6.88. The third kappa shape index (κ3) is 7.16. The number of nitrogens with zero attached hydrogens (tertiary/aromatic N) is 1. The van der Waals surface area contributed by atoms with Crippen LogP contribution in [0.3, 0.4) is 0 Å². The quantitative estimate of drug-likeness (QED) is 0.601. The summed E-state index contributed by atoms with van der Waals surface area (Å²) in [7, 11) is 0. The van der Waals surface area contributed by atoms with E-state index in [9.17, 15) is 14.0 Å². The Morgan fingerprint density at radius 2 is 1.72 bits per heavy atom. The number of ether oxygens (including phenoxy) is 1. The van der Waals surface area contributed by atoms with Crippen molar-refractivity contribution >= 4 is 27.7 Å². The summed E-state index contributed by atoms with van der Waals surface area (Å²) >= 11 is 3.35. The first-order valence-electron chi connectivity index (χ1n) is 9.52. The predicted octanol–water partition coefficient (Wildman–Crippen LogP) is 4.30. The van der Waals surface area contributed by atoms with E-state index in [2.05, 4.69) is 21.2 Å². The molecule has 2 amide bonds. The molecule has 29 heavy (non-hydrogen) atoms. The molecule has 7 heteroatoms. The Balaban J connectivity index is 2.13. The molecule has 0 aliphatic heterocycles. The molecular weight excluding hydrogens is 439 g/mol. The van der Waals surface area contributed by atoms with Crippen molar-refractivity contribution in [1.29, 1.82) is 0 Å². The maximum Gasteiger partial charge on any atom is 0.261 e. The molecule has 0 fully saturated rings. The van der Waals surface area contributed by atoms with Gasteiger partial charge < -0.3 is 15.0 Å². The lowest BCUT2D eigenvalue weighted by Crippen LogP contribution is -2.50. The standard InChI is InChI=1S/C22H26BrFN2O3/c1-4-15(2)25-22(28)16(3)26(13-17-5-9-19(24)10-6-17)21(27)14-29-20-11-7-18(23)8-12-20/h5-12,15-16H,4,13-14H2,1-3H3,(H,25,28)/t15-,16-/m1/s1. The number of amides is 2. The van der Waals surface area contributed by atoms with Gasteiger partial charge in [-0.2, -0.15) is 0 Å². The number of hydrogen-bond acceptors (Lipinski definition) is 3. The number of benzene rings is 2. The van der Waals surface area contributed by atoms with E-state index in [0.29, 0.717) is 5.75 Å². The summed E-state index contributed by atoms with van der Waals surface area (Å²) in [6, 6.07) is 12.3. The topological polar surface area (TPSA) is 58.6 Å². The fourth-order valence-corrected chi connectivity index (χ4v) is 2.86. The van der Waals surface area contributed by atoms with Crippen LogP contribution in [0.15, 0.2) is 53.0 Å². The first-order chi connectivity index (χ1) is 13.8. The maximum atomic E-state index is 13.2. The van der Waals surface area contributed by atoms with Gasteiger partial charge in [-0.1, -0.05) is 35.0 Å². The van der Waals surface area contributed by atoms with E-state index < -0.39 is 6.04 Å². The molecule has 0 aliphatic carbocycles. The van der Waals surface area contributed by atoms with Crippen molar-refractivity contribution in [2.24, 2.45) is 0 Å². The molecule has 2 rings (SSSR count). The second kappa shape index (κ2) is 11.0. The van der Waals surface area contributed by atoms with Crippen LogP contribution in [0.5, 0.6) is 5.75 Å². The molecule has 0 unspecified atom stereocenters. The van der Waals surface area contributed by atoms with Crippen LogP contribution in [0, 0.1) is 5.82 Å². The van der Waals surface area contributed by atoms with Crippen LogP contribution < -0.4 is 10.1 Å². The van der Waals surface area contributed by atoms with Crippen LogP contribution in [-0.4, -0.2) is 35.4 Å². The van der Waals surface area contributed by atoms with Crippen LogP contribution in [0.4, 0.5) is 4.39 Å². The average molecular weight is 465 g/mol. The zero-order valence-electron chi connectivity index (χ0n) is 16.8. The minimum Gasteiger partial charge on any atom is -0.484 e. The summed E-state index contributed by atoms with van der Waals surface area (Å²) in [5, 5.41) is 2.90. The molecule has 0 saturated heterocycles. The highest BCUT2D eigenvalue weighted by atomic mass is 79.9. The summed E-state index contributed by atoms with van der Waals surface area (Å²) in [6.07, 6.45) is 0.789. The molecule has 5 nitrogen and oxygen atoms in total. The Morgan fingerprint density at radius 1 is 1.10 bits per heavy atom. The highest BCUT2D eigenvalue weighted by molar-refractivity contribution is 9.10. The molecular formula is C22H26BrFN2O3.